The zero-order chi connectivity index (χ0) is 14.7. The highest BCUT2D eigenvalue weighted by molar-refractivity contribution is 5.82. The molecule has 0 saturated carbocycles. The number of likely N-dealkylation sites (tertiary alicyclic amines) is 1. The highest BCUT2D eigenvalue weighted by Gasteiger charge is 2.29. The second-order valence-corrected chi connectivity index (χ2v) is 5.59. The lowest BCUT2D eigenvalue weighted by atomic mass is 9.95. The lowest BCUT2D eigenvalue weighted by Gasteiger charge is -2.35. The van der Waals surface area contributed by atoms with Crippen molar-refractivity contribution in [2.24, 2.45) is 11.7 Å². The quantitative estimate of drug-likeness (QED) is 0.751. The Bertz CT molecular complexity index is 461. The zero-order valence-corrected chi connectivity index (χ0v) is 11.7. The summed E-state index contributed by atoms with van der Waals surface area (Å²) >= 11 is 0. The molecule has 1 fully saturated rings. The lowest BCUT2D eigenvalue weighted by Crippen LogP contribution is -2.51. The summed E-state index contributed by atoms with van der Waals surface area (Å²) < 4.78 is 0. The van der Waals surface area contributed by atoms with Crippen molar-refractivity contribution >= 4 is 5.91 Å². The van der Waals surface area contributed by atoms with Gasteiger partial charge in [0.05, 0.1) is 12.1 Å². The number of piperidine rings is 1. The third kappa shape index (κ3) is 3.49. The SMILES string of the molecule is CC1CN(C(=O)C(N)Cc2ccc(O)cc2)CCC1O. The number of benzene rings is 1. The predicted octanol–water partition coefficient (Wildman–Crippen LogP) is 0.491. The average molecular weight is 278 g/mol. The van der Waals surface area contributed by atoms with Crippen LogP contribution in [0, 0.1) is 5.92 Å². The summed E-state index contributed by atoms with van der Waals surface area (Å²) in [6, 6.07) is 6.13. The van der Waals surface area contributed by atoms with E-state index in [1.54, 1.807) is 29.2 Å². The molecule has 1 aromatic rings. The van der Waals surface area contributed by atoms with Crippen molar-refractivity contribution in [3.05, 3.63) is 29.8 Å². The molecule has 20 heavy (non-hydrogen) atoms. The maximum Gasteiger partial charge on any atom is 0.239 e. The largest absolute Gasteiger partial charge is 0.508 e. The monoisotopic (exact) mass is 278 g/mol. The van der Waals surface area contributed by atoms with Gasteiger partial charge in [-0.25, -0.2) is 0 Å². The van der Waals surface area contributed by atoms with E-state index in [1.807, 2.05) is 6.92 Å². The van der Waals surface area contributed by atoms with Crippen LogP contribution < -0.4 is 5.73 Å². The number of nitrogens with zero attached hydrogens (tertiary/aromatic N) is 1. The predicted molar refractivity (Wildman–Crippen MR) is 76.2 cm³/mol. The molecule has 110 valence electrons. The van der Waals surface area contributed by atoms with Gasteiger partial charge < -0.3 is 20.8 Å². The molecule has 0 radical (unpaired) electrons. The molecular formula is C15H22N2O3. The van der Waals surface area contributed by atoms with Crippen LogP contribution in [0.3, 0.4) is 0 Å². The number of aromatic hydroxyl groups is 1. The number of rotatable bonds is 3. The van der Waals surface area contributed by atoms with Crippen LogP contribution in [0.15, 0.2) is 24.3 Å². The molecule has 1 aliphatic heterocycles. The first-order valence-corrected chi connectivity index (χ1v) is 6.97. The van der Waals surface area contributed by atoms with E-state index in [4.69, 9.17) is 5.73 Å². The number of carbonyl (C=O) groups is 1. The van der Waals surface area contributed by atoms with Crippen LogP contribution in [0.5, 0.6) is 5.75 Å². The highest BCUT2D eigenvalue weighted by Crippen LogP contribution is 2.18. The summed E-state index contributed by atoms with van der Waals surface area (Å²) in [5.41, 5.74) is 6.91. The number of carbonyl (C=O) groups excluding carboxylic acids is 1. The van der Waals surface area contributed by atoms with E-state index in [1.165, 1.54) is 0 Å². The van der Waals surface area contributed by atoms with E-state index in [2.05, 4.69) is 0 Å². The van der Waals surface area contributed by atoms with Crippen LogP contribution in [0.1, 0.15) is 18.9 Å². The van der Waals surface area contributed by atoms with Crippen LogP contribution in [0.4, 0.5) is 0 Å². The molecule has 0 aliphatic carbocycles. The Kier molecular flexibility index (Phi) is 4.62. The van der Waals surface area contributed by atoms with Gasteiger partial charge in [0.2, 0.25) is 5.91 Å². The third-order valence-electron chi connectivity index (χ3n) is 3.88. The molecule has 2 rings (SSSR count). The van der Waals surface area contributed by atoms with Gasteiger partial charge in [0.25, 0.3) is 0 Å². The fourth-order valence-electron chi connectivity index (χ4n) is 2.54. The van der Waals surface area contributed by atoms with Crippen molar-refractivity contribution < 1.29 is 15.0 Å². The van der Waals surface area contributed by atoms with Crippen LogP contribution in [0.2, 0.25) is 0 Å². The number of aliphatic hydroxyl groups is 1. The van der Waals surface area contributed by atoms with E-state index in [0.717, 1.165) is 5.56 Å². The molecule has 1 amide bonds. The van der Waals surface area contributed by atoms with Gasteiger partial charge in [-0.1, -0.05) is 19.1 Å². The van der Waals surface area contributed by atoms with Crippen molar-refractivity contribution in [2.75, 3.05) is 13.1 Å². The van der Waals surface area contributed by atoms with Crippen LogP contribution in [0.25, 0.3) is 0 Å². The van der Waals surface area contributed by atoms with Crippen LogP contribution >= 0.6 is 0 Å². The van der Waals surface area contributed by atoms with E-state index < -0.39 is 6.04 Å². The minimum atomic E-state index is -0.581. The van der Waals surface area contributed by atoms with E-state index in [9.17, 15) is 15.0 Å². The molecule has 1 aromatic carbocycles. The summed E-state index contributed by atoms with van der Waals surface area (Å²) in [6.45, 7) is 3.06. The molecule has 3 atom stereocenters. The number of phenolic OH excluding ortho intramolecular Hbond substituents is 1. The topological polar surface area (TPSA) is 86.8 Å². The Hall–Kier alpha value is -1.59. The molecule has 1 heterocycles. The first kappa shape index (κ1) is 14.8. The fourth-order valence-corrected chi connectivity index (χ4v) is 2.54. The van der Waals surface area contributed by atoms with Gasteiger partial charge >= 0.3 is 0 Å². The third-order valence-corrected chi connectivity index (χ3v) is 3.88. The maximum atomic E-state index is 12.3. The van der Waals surface area contributed by atoms with Gasteiger partial charge in [-0.3, -0.25) is 4.79 Å². The molecule has 4 N–H and O–H groups in total. The van der Waals surface area contributed by atoms with Gasteiger partial charge in [0.15, 0.2) is 0 Å². The van der Waals surface area contributed by atoms with Crippen LogP contribution in [-0.2, 0) is 11.2 Å². The first-order chi connectivity index (χ1) is 9.47. The molecule has 5 nitrogen and oxygen atoms in total. The van der Waals surface area contributed by atoms with Gasteiger partial charge in [-0.15, -0.1) is 0 Å². The number of hydrogen-bond acceptors (Lipinski definition) is 4. The molecule has 3 unspecified atom stereocenters. The Morgan fingerprint density at radius 1 is 1.45 bits per heavy atom. The minimum absolute atomic E-state index is 0.0724. The lowest BCUT2D eigenvalue weighted by molar-refractivity contribution is -0.136. The number of hydrogen-bond donors (Lipinski definition) is 3. The van der Waals surface area contributed by atoms with Crippen molar-refractivity contribution in [2.45, 2.75) is 31.9 Å². The van der Waals surface area contributed by atoms with Crippen molar-refractivity contribution in [3.63, 3.8) is 0 Å². The normalized spacial score (nSPS) is 24.4. The van der Waals surface area contributed by atoms with Crippen LogP contribution in [-0.4, -0.2) is 46.3 Å². The summed E-state index contributed by atoms with van der Waals surface area (Å²) in [7, 11) is 0. The molecule has 1 aliphatic rings. The highest BCUT2D eigenvalue weighted by atomic mass is 16.3. The Morgan fingerprint density at radius 2 is 2.10 bits per heavy atom. The number of amides is 1. The van der Waals surface area contributed by atoms with Crippen molar-refractivity contribution in [3.8, 4) is 5.75 Å². The molecule has 1 saturated heterocycles. The number of aliphatic hydroxyl groups excluding tert-OH is 1. The average Bonchev–Trinajstić information content (AvgIpc) is 2.43. The second kappa shape index (κ2) is 6.24. The summed E-state index contributed by atoms with van der Waals surface area (Å²) in [4.78, 5) is 14.0. The van der Waals surface area contributed by atoms with Gasteiger partial charge in [0.1, 0.15) is 5.75 Å². The number of phenols is 1. The minimum Gasteiger partial charge on any atom is -0.508 e. The number of nitrogens with two attached hydrogens (primary N) is 1. The standard InChI is InChI=1S/C15H22N2O3/c1-10-9-17(7-6-14(10)19)15(20)13(16)8-11-2-4-12(18)5-3-11/h2-5,10,13-14,18-19H,6-9,16H2,1H3. The van der Waals surface area contributed by atoms with E-state index >= 15 is 0 Å². The van der Waals surface area contributed by atoms with Gasteiger partial charge in [-0.2, -0.15) is 0 Å². The molecule has 5 heteroatoms. The second-order valence-electron chi connectivity index (χ2n) is 5.59. The smallest absolute Gasteiger partial charge is 0.239 e. The van der Waals surface area contributed by atoms with Gasteiger partial charge in [-0.05, 0) is 36.5 Å². The molecular weight excluding hydrogens is 256 g/mol. The zero-order valence-electron chi connectivity index (χ0n) is 11.7. The first-order valence-electron chi connectivity index (χ1n) is 6.97. The maximum absolute atomic E-state index is 12.3. The summed E-state index contributed by atoms with van der Waals surface area (Å²) in [5, 5.41) is 18.9. The Balaban J connectivity index is 1.93. The van der Waals surface area contributed by atoms with E-state index in [0.29, 0.717) is 25.9 Å². The van der Waals surface area contributed by atoms with E-state index in [-0.39, 0.29) is 23.7 Å². The fraction of sp³-hybridized carbons (Fsp3) is 0.533. The molecule has 0 spiro atoms. The summed E-state index contributed by atoms with van der Waals surface area (Å²) in [5.74, 6) is 0.220. The Morgan fingerprint density at radius 3 is 2.70 bits per heavy atom. The van der Waals surface area contributed by atoms with Gasteiger partial charge in [0, 0.05) is 13.1 Å². The van der Waals surface area contributed by atoms with Crippen molar-refractivity contribution in [1.29, 1.82) is 0 Å². The molecule has 0 aromatic heterocycles. The molecule has 0 bridgehead atoms. The van der Waals surface area contributed by atoms with Crippen molar-refractivity contribution in [1.82, 2.24) is 4.90 Å². The Labute approximate surface area is 119 Å². The summed E-state index contributed by atoms with van der Waals surface area (Å²) in [6.07, 6.45) is 0.734.